The van der Waals surface area contributed by atoms with Gasteiger partial charge < -0.3 is 23.8 Å². The maximum atomic E-state index is 9.35. The Morgan fingerprint density at radius 3 is 2.39 bits per heavy atom. The van der Waals surface area contributed by atoms with Gasteiger partial charge in [-0.25, -0.2) is 0 Å². The van der Waals surface area contributed by atoms with E-state index in [1.54, 1.807) is 7.11 Å². The van der Waals surface area contributed by atoms with Crippen LogP contribution in [0.1, 0.15) is 23.7 Å². The molecule has 6 heteroatoms. The van der Waals surface area contributed by atoms with Crippen molar-refractivity contribution < 1.29 is 23.8 Å². The SMILES string of the molecule is COc1ccc(Oc2cccc3c2CCC3Oc2ccc(-c3cc(O)no3)cc2)cc1. The number of aromatic nitrogens is 1. The monoisotopic (exact) mass is 415 g/mol. The smallest absolute Gasteiger partial charge is 0.252 e. The van der Waals surface area contributed by atoms with Gasteiger partial charge in [-0.3, -0.25) is 0 Å². The van der Waals surface area contributed by atoms with Crippen LogP contribution in [0.2, 0.25) is 0 Å². The van der Waals surface area contributed by atoms with Crippen LogP contribution in [-0.2, 0) is 6.42 Å². The Balaban J connectivity index is 1.32. The van der Waals surface area contributed by atoms with Crippen molar-refractivity contribution in [3.63, 3.8) is 0 Å². The zero-order valence-electron chi connectivity index (χ0n) is 16.9. The molecule has 1 aliphatic rings. The highest BCUT2D eigenvalue weighted by molar-refractivity contribution is 5.59. The van der Waals surface area contributed by atoms with Gasteiger partial charge in [0.2, 0.25) is 0 Å². The van der Waals surface area contributed by atoms with Crippen LogP contribution in [-0.4, -0.2) is 17.4 Å². The molecule has 1 heterocycles. The molecule has 0 saturated carbocycles. The highest BCUT2D eigenvalue weighted by atomic mass is 16.5. The van der Waals surface area contributed by atoms with Crippen LogP contribution in [0, 0.1) is 0 Å². The summed E-state index contributed by atoms with van der Waals surface area (Å²) in [4.78, 5) is 0. The van der Waals surface area contributed by atoms with Gasteiger partial charge in [0, 0.05) is 17.2 Å². The van der Waals surface area contributed by atoms with Crippen LogP contribution >= 0.6 is 0 Å². The Morgan fingerprint density at radius 2 is 1.68 bits per heavy atom. The average Bonchev–Trinajstić information content (AvgIpc) is 3.42. The van der Waals surface area contributed by atoms with Crippen molar-refractivity contribution in [2.45, 2.75) is 18.9 Å². The molecule has 1 aliphatic carbocycles. The number of nitrogens with zero attached hydrogens (tertiary/aromatic N) is 1. The molecule has 3 aromatic carbocycles. The summed E-state index contributed by atoms with van der Waals surface area (Å²) in [5.74, 6) is 3.57. The number of ether oxygens (including phenoxy) is 3. The standard InChI is InChI=1S/C25H21NO5/c1-28-17-9-11-19(12-10-17)29-22-4-2-3-20-21(22)13-14-23(20)30-18-7-5-16(6-8-18)24-15-25(27)26-31-24/h2-12,15,23H,13-14H2,1H3,(H,26,27). The van der Waals surface area contributed by atoms with E-state index < -0.39 is 0 Å². The second kappa shape index (κ2) is 8.07. The fourth-order valence-corrected chi connectivity index (χ4v) is 3.84. The molecule has 5 rings (SSSR count). The number of hydrogen-bond donors (Lipinski definition) is 1. The Kier molecular flexibility index (Phi) is 4.96. The van der Waals surface area contributed by atoms with Gasteiger partial charge in [-0.05, 0) is 78.2 Å². The van der Waals surface area contributed by atoms with Gasteiger partial charge in [-0.15, -0.1) is 0 Å². The van der Waals surface area contributed by atoms with Gasteiger partial charge in [0.15, 0.2) is 5.76 Å². The van der Waals surface area contributed by atoms with Crippen LogP contribution in [0.3, 0.4) is 0 Å². The number of fused-ring (bicyclic) bond motifs is 1. The van der Waals surface area contributed by atoms with Crippen LogP contribution in [0.5, 0.6) is 28.9 Å². The van der Waals surface area contributed by atoms with E-state index in [-0.39, 0.29) is 12.0 Å². The van der Waals surface area contributed by atoms with Crippen molar-refractivity contribution in [1.82, 2.24) is 5.16 Å². The largest absolute Gasteiger partial charge is 0.497 e. The Hall–Kier alpha value is -3.93. The first kappa shape index (κ1) is 19.1. The van der Waals surface area contributed by atoms with Gasteiger partial charge in [0.25, 0.3) is 5.88 Å². The first-order valence-corrected chi connectivity index (χ1v) is 10.1. The first-order valence-electron chi connectivity index (χ1n) is 10.1. The summed E-state index contributed by atoms with van der Waals surface area (Å²) >= 11 is 0. The third-order valence-corrected chi connectivity index (χ3v) is 5.37. The molecule has 0 saturated heterocycles. The van der Waals surface area contributed by atoms with E-state index in [1.807, 2.05) is 60.7 Å². The molecule has 4 aromatic rings. The Labute approximate surface area is 179 Å². The van der Waals surface area contributed by atoms with Gasteiger partial charge in [0.1, 0.15) is 29.1 Å². The van der Waals surface area contributed by atoms with E-state index in [4.69, 9.17) is 18.7 Å². The molecule has 0 amide bonds. The van der Waals surface area contributed by atoms with Crippen molar-refractivity contribution in [1.29, 1.82) is 0 Å². The van der Waals surface area contributed by atoms with Crippen molar-refractivity contribution in [3.05, 3.63) is 83.9 Å². The van der Waals surface area contributed by atoms with Crippen molar-refractivity contribution >= 4 is 0 Å². The van der Waals surface area contributed by atoms with E-state index in [9.17, 15) is 5.11 Å². The van der Waals surface area contributed by atoms with E-state index in [2.05, 4.69) is 11.2 Å². The predicted molar refractivity (Wildman–Crippen MR) is 115 cm³/mol. The molecule has 1 atom stereocenters. The molecule has 6 nitrogen and oxygen atoms in total. The Morgan fingerprint density at radius 1 is 0.935 bits per heavy atom. The molecule has 1 N–H and O–H groups in total. The summed E-state index contributed by atoms with van der Waals surface area (Å²) in [6.07, 6.45) is 1.74. The molecule has 0 spiro atoms. The molecule has 0 fully saturated rings. The zero-order chi connectivity index (χ0) is 21.2. The fraction of sp³-hybridized carbons (Fsp3) is 0.160. The second-order valence-corrected chi connectivity index (χ2v) is 7.32. The fourth-order valence-electron chi connectivity index (χ4n) is 3.84. The molecular weight excluding hydrogens is 394 g/mol. The lowest BCUT2D eigenvalue weighted by Crippen LogP contribution is -2.03. The number of methoxy groups -OCH3 is 1. The van der Waals surface area contributed by atoms with Crippen LogP contribution in [0.15, 0.2) is 77.3 Å². The topological polar surface area (TPSA) is 74.0 Å². The highest BCUT2D eigenvalue weighted by Crippen LogP contribution is 2.41. The van der Waals surface area contributed by atoms with Crippen LogP contribution in [0.25, 0.3) is 11.3 Å². The first-order chi connectivity index (χ1) is 15.2. The lowest BCUT2D eigenvalue weighted by Gasteiger charge is -2.16. The normalized spacial score (nSPS) is 14.8. The number of benzene rings is 3. The van der Waals surface area contributed by atoms with E-state index >= 15 is 0 Å². The van der Waals surface area contributed by atoms with Crippen molar-refractivity contribution in [2.24, 2.45) is 0 Å². The number of rotatable bonds is 6. The van der Waals surface area contributed by atoms with Crippen LogP contribution in [0.4, 0.5) is 0 Å². The van der Waals surface area contributed by atoms with Gasteiger partial charge in [-0.1, -0.05) is 12.1 Å². The Bertz CT molecular complexity index is 1180. The maximum Gasteiger partial charge on any atom is 0.252 e. The van der Waals surface area contributed by atoms with E-state index in [0.717, 1.165) is 47.0 Å². The van der Waals surface area contributed by atoms with Crippen molar-refractivity contribution in [3.8, 4) is 40.2 Å². The molecule has 0 radical (unpaired) electrons. The minimum absolute atomic E-state index is 0.0328. The van der Waals surface area contributed by atoms with Gasteiger partial charge in [0.05, 0.1) is 7.11 Å². The summed E-state index contributed by atoms with van der Waals surface area (Å²) < 4.78 is 22.7. The molecule has 156 valence electrons. The van der Waals surface area contributed by atoms with Crippen LogP contribution < -0.4 is 14.2 Å². The summed E-state index contributed by atoms with van der Waals surface area (Å²) in [5.41, 5.74) is 3.15. The predicted octanol–water partition coefficient (Wildman–Crippen LogP) is 5.91. The third kappa shape index (κ3) is 3.92. The molecule has 1 unspecified atom stereocenters. The summed E-state index contributed by atoms with van der Waals surface area (Å²) in [7, 11) is 1.65. The van der Waals surface area contributed by atoms with E-state index in [0.29, 0.717) is 5.76 Å². The quantitative estimate of drug-likeness (QED) is 0.422. The lowest BCUT2D eigenvalue weighted by molar-refractivity contribution is 0.207. The second-order valence-electron chi connectivity index (χ2n) is 7.32. The number of hydrogen-bond acceptors (Lipinski definition) is 6. The molecule has 31 heavy (non-hydrogen) atoms. The maximum absolute atomic E-state index is 9.35. The molecular formula is C25H21NO5. The molecule has 0 aliphatic heterocycles. The van der Waals surface area contributed by atoms with Gasteiger partial charge in [-0.2, -0.15) is 0 Å². The molecule has 0 bridgehead atoms. The van der Waals surface area contributed by atoms with Crippen molar-refractivity contribution in [2.75, 3.05) is 7.11 Å². The number of aromatic hydroxyl groups is 1. The summed E-state index contributed by atoms with van der Waals surface area (Å²) in [5, 5.41) is 12.8. The summed E-state index contributed by atoms with van der Waals surface area (Å²) in [6, 6.07) is 22.7. The average molecular weight is 415 g/mol. The van der Waals surface area contributed by atoms with Gasteiger partial charge >= 0.3 is 0 Å². The molecule has 1 aromatic heterocycles. The zero-order valence-corrected chi connectivity index (χ0v) is 16.9. The lowest BCUT2D eigenvalue weighted by atomic mass is 10.1. The minimum atomic E-state index is -0.134. The highest BCUT2D eigenvalue weighted by Gasteiger charge is 2.27. The minimum Gasteiger partial charge on any atom is -0.497 e. The summed E-state index contributed by atoms with van der Waals surface area (Å²) in [6.45, 7) is 0. The third-order valence-electron chi connectivity index (χ3n) is 5.37. The van der Waals surface area contributed by atoms with E-state index in [1.165, 1.54) is 11.6 Å².